The third-order valence-electron chi connectivity index (χ3n) is 3.30. The molecule has 1 aromatic carbocycles. The molecule has 1 amide bonds. The van der Waals surface area contributed by atoms with Crippen LogP contribution in [0.1, 0.15) is 54.4 Å². The fraction of sp³-hybridized carbons (Fsp3) is 0.500. The van der Waals surface area contributed by atoms with Crippen molar-refractivity contribution in [1.82, 2.24) is 4.72 Å². The van der Waals surface area contributed by atoms with Crippen molar-refractivity contribution in [2.24, 2.45) is 0 Å². The molecular weight excluding hydrogens is 281 g/mol. The van der Waals surface area contributed by atoms with Gasteiger partial charge in [-0.05, 0) is 42.9 Å². The maximum absolute atomic E-state index is 13.7. The minimum absolute atomic E-state index is 0.126. The van der Waals surface area contributed by atoms with Gasteiger partial charge in [0.15, 0.2) is 0 Å². The fourth-order valence-corrected chi connectivity index (χ4v) is 3.13. The first kappa shape index (κ1) is 15.0. The number of rotatable bonds is 6. The monoisotopic (exact) mass is 299 g/mol. The van der Waals surface area contributed by atoms with Gasteiger partial charge in [0.05, 0.1) is 11.3 Å². The Hall–Kier alpha value is -1.43. The Kier molecular flexibility index (Phi) is 4.42. The van der Waals surface area contributed by atoms with Gasteiger partial charge in [-0.3, -0.25) is 4.79 Å². The van der Waals surface area contributed by atoms with Crippen molar-refractivity contribution in [2.75, 3.05) is 5.75 Å². The molecule has 2 rings (SSSR count). The van der Waals surface area contributed by atoms with E-state index in [1.165, 1.54) is 12.1 Å². The number of unbranched alkanes of at least 4 members (excludes halogenated alkanes) is 1. The van der Waals surface area contributed by atoms with Crippen LogP contribution in [0.25, 0.3) is 0 Å². The number of sulfonamides is 1. The number of carbonyl (C=O) groups is 1. The zero-order valence-electron chi connectivity index (χ0n) is 11.4. The number of amides is 1. The normalized spacial score (nSPS) is 15.1. The van der Waals surface area contributed by atoms with Crippen LogP contribution in [0.3, 0.4) is 0 Å². The summed E-state index contributed by atoms with van der Waals surface area (Å²) in [5.41, 5.74) is 0.692. The third kappa shape index (κ3) is 3.79. The summed E-state index contributed by atoms with van der Waals surface area (Å²) in [5.74, 6) is -1.34. The van der Waals surface area contributed by atoms with Crippen LogP contribution in [0.15, 0.2) is 18.2 Å². The van der Waals surface area contributed by atoms with E-state index < -0.39 is 21.7 Å². The highest BCUT2D eigenvalue weighted by Crippen LogP contribution is 2.40. The Bertz CT molecular complexity index is 609. The number of benzene rings is 1. The number of hydrogen-bond acceptors (Lipinski definition) is 3. The summed E-state index contributed by atoms with van der Waals surface area (Å²) in [6.07, 6.45) is 3.23. The average molecular weight is 299 g/mol. The van der Waals surface area contributed by atoms with Gasteiger partial charge in [-0.25, -0.2) is 17.5 Å². The van der Waals surface area contributed by atoms with Crippen LogP contribution in [0.2, 0.25) is 0 Å². The predicted octanol–water partition coefficient (Wildman–Crippen LogP) is 2.56. The van der Waals surface area contributed by atoms with Crippen molar-refractivity contribution < 1.29 is 17.6 Å². The second-order valence-electron chi connectivity index (χ2n) is 5.12. The average Bonchev–Trinajstić information content (AvgIpc) is 3.20. The van der Waals surface area contributed by atoms with E-state index in [1.54, 1.807) is 6.07 Å². The largest absolute Gasteiger partial charge is 0.268 e. The highest BCUT2D eigenvalue weighted by atomic mass is 32.2. The zero-order valence-corrected chi connectivity index (χ0v) is 12.2. The summed E-state index contributed by atoms with van der Waals surface area (Å²) in [7, 11) is -3.69. The molecule has 0 aliphatic heterocycles. The van der Waals surface area contributed by atoms with E-state index in [-0.39, 0.29) is 11.3 Å². The van der Waals surface area contributed by atoms with Gasteiger partial charge in [0, 0.05) is 0 Å². The Labute approximate surface area is 118 Å². The van der Waals surface area contributed by atoms with Gasteiger partial charge in [0.2, 0.25) is 10.0 Å². The van der Waals surface area contributed by atoms with E-state index in [9.17, 15) is 17.6 Å². The Balaban J connectivity index is 2.14. The Morgan fingerprint density at radius 1 is 1.40 bits per heavy atom. The second kappa shape index (κ2) is 5.91. The number of halogens is 1. The van der Waals surface area contributed by atoms with Crippen molar-refractivity contribution in [3.05, 3.63) is 35.1 Å². The predicted molar refractivity (Wildman–Crippen MR) is 74.5 cm³/mol. The molecule has 0 radical (unpaired) electrons. The van der Waals surface area contributed by atoms with Gasteiger partial charge in [-0.2, -0.15) is 0 Å². The minimum Gasteiger partial charge on any atom is -0.268 e. The topological polar surface area (TPSA) is 63.2 Å². The molecule has 0 atom stereocenters. The van der Waals surface area contributed by atoms with Gasteiger partial charge in [0.1, 0.15) is 5.82 Å². The molecule has 1 N–H and O–H groups in total. The first-order valence-electron chi connectivity index (χ1n) is 6.77. The molecule has 4 nitrogen and oxygen atoms in total. The molecule has 0 saturated heterocycles. The van der Waals surface area contributed by atoms with E-state index in [1.807, 2.05) is 11.6 Å². The molecule has 1 saturated carbocycles. The summed E-state index contributed by atoms with van der Waals surface area (Å²) in [4.78, 5) is 11.9. The van der Waals surface area contributed by atoms with E-state index in [4.69, 9.17) is 0 Å². The highest BCUT2D eigenvalue weighted by molar-refractivity contribution is 7.90. The van der Waals surface area contributed by atoms with E-state index in [2.05, 4.69) is 0 Å². The van der Waals surface area contributed by atoms with Crippen LogP contribution < -0.4 is 4.72 Å². The van der Waals surface area contributed by atoms with Gasteiger partial charge >= 0.3 is 0 Å². The molecule has 6 heteroatoms. The molecule has 0 bridgehead atoms. The van der Waals surface area contributed by atoms with Crippen LogP contribution >= 0.6 is 0 Å². The van der Waals surface area contributed by atoms with Gasteiger partial charge < -0.3 is 0 Å². The quantitative estimate of drug-likeness (QED) is 0.878. The molecule has 20 heavy (non-hydrogen) atoms. The molecule has 1 fully saturated rings. The van der Waals surface area contributed by atoms with E-state index >= 15 is 0 Å². The molecule has 0 spiro atoms. The van der Waals surface area contributed by atoms with Crippen molar-refractivity contribution in [1.29, 1.82) is 0 Å². The zero-order chi connectivity index (χ0) is 14.8. The molecule has 110 valence electrons. The molecule has 1 aromatic rings. The van der Waals surface area contributed by atoms with E-state index in [0.717, 1.165) is 18.4 Å². The summed E-state index contributed by atoms with van der Waals surface area (Å²) >= 11 is 0. The van der Waals surface area contributed by atoms with Gasteiger partial charge in [0.25, 0.3) is 5.91 Å². The molecule has 0 aromatic heterocycles. The number of hydrogen-bond donors (Lipinski definition) is 1. The second-order valence-corrected chi connectivity index (χ2v) is 6.96. The Morgan fingerprint density at radius 3 is 2.70 bits per heavy atom. The lowest BCUT2D eigenvalue weighted by Crippen LogP contribution is -2.33. The molecule has 1 aliphatic rings. The summed E-state index contributed by atoms with van der Waals surface area (Å²) < 4.78 is 38.9. The SMILES string of the molecule is CCCCS(=O)(=O)NC(=O)c1cc(C2CC2)ccc1F. The smallest absolute Gasteiger partial charge is 0.267 e. The lowest BCUT2D eigenvalue weighted by molar-refractivity contribution is 0.0977. The number of nitrogens with one attached hydrogen (secondary N) is 1. The molecule has 0 unspecified atom stereocenters. The van der Waals surface area contributed by atoms with Crippen LogP contribution in [0.5, 0.6) is 0 Å². The van der Waals surface area contributed by atoms with E-state index in [0.29, 0.717) is 18.8 Å². The summed E-state index contributed by atoms with van der Waals surface area (Å²) in [6, 6.07) is 4.33. The van der Waals surface area contributed by atoms with Crippen LogP contribution in [0.4, 0.5) is 4.39 Å². The van der Waals surface area contributed by atoms with Crippen LogP contribution in [-0.2, 0) is 10.0 Å². The fourth-order valence-electron chi connectivity index (χ4n) is 1.97. The van der Waals surface area contributed by atoms with Crippen molar-refractivity contribution in [2.45, 2.75) is 38.5 Å². The number of carbonyl (C=O) groups excluding carboxylic acids is 1. The van der Waals surface area contributed by atoms with Crippen molar-refractivity contribution in [3.63, 3.8) is 0 Å². The lowest BCUT2D eigenvalue weighted by atomic mass is 10.1. The maximum atomic E-state index is 13.7. The minimum atomic E-state index is -3.69. The standard InChI is InChI=1S/C14H18FNO3S/c1-2-3-8-20(18,19)16-14(17)12-9-11(10-4-5-10)6-7-13(12)15/h6-7,9-10H,2-5,8H2,1H3,(H,16,17). The first-order chi connectivity index (χ1) is 9.43. The van der Waals surface area contributed by atoms with Crippen molar-refractivity contribution in [3.8, 4) is 0 Å². The third-order valence-corrected chi connectivity index (χ3v) is 4.62. The summed E-state index contributed by atoms with van der Waals surface area (Å²) in [5, 5.41) is 0. The first-order valence-corrected chi connectivity index (χ1v) is 8.42. The van der Waals surface area contributed by atoms with Crippen molar-refractivity contribution >= 4 is 15.9 Å². The molecular formula is C14H18FNO3S. The Morgan fingerprint density at radius 2 is 2.10 bits per heavy atom. The van der Waals surface area contributed by atoms with Crippen LogP contribution in [-0.4, -0.2) is 20.1 Å². The van der Waals surface area contributed by atoms with Gasteiger partial charge in [-0.15, -0.1) is 0 Å². The van der Waals surface area contributed by atoms with Gasteiger partial charge in [-0.1, -0.05) is 19.4 Å². The molecule has 1 aliphatic carbocycles. The molecule has 0 heterocycles. The summed E-state index contributed by atoms with van der Waals surface area (Å²) in [6.45, 7) is 1.86. The lowest BCUT2D eigenvalue weighted by Gasteiger charge is -2.08. The highest BCUT2D eigenvalue weighted by Gasteiger charge is 2.26. The van der Waals surface area contributed by atoms with Crippen LogP contribution in [0, 0.1) is 5.82 Å². The maximum Gasteiger partial charge on any atom is 0.267 e.